The number of benzene rings is 2. The smallest absolute Gasteiger partial charge is 0.325 e. The summed E-state index contributed by atoms with van der Waals surface area (Å²) in [6, 6.07) is 13.9. The van der Waals surface area contributed by atoms with Gasteiger partial charge in [0.15, 0.2) is 5.13 Å². The Balaban J connectivity index is 1.75. The number of hydrogen-bond acceptors (Lipinski definition) is 6. The third-order valence-corrected chi connectivity index (χ3v) is 5.70. The number of rotatable bonds is 10. The Hall–Kier alpha value is -3.65. The lowest BCUT2D eigenvalue weighted by atomic mass is 10.1. The van der Waals surface area contributed by atoms with Crippen molar-refractivity contribution < 1.29 is 19.4 Å². The molecule has 0 saturated heterocycles. The van der Waals surface area contributed by atoms with Crippen molar-refractivity contribution in [3.8, 4) is 17.0 Å². The molecule has 0 aliphatic rings. The standard InChI is InChI=1S/C24H25N3O4S/c1-4-13-27(24-26-20(15-32-24)19-7-5-6-8-21(19)31-3)14-17-9-11-18(12-10-17)22(28)25-16(2)23(29)30/h4-12,15-16H,1,13-14H2,2-3H3,(H,25,28)(H,29,30). The monoisotopic (exact) mass is 451 g/mol. The molecule has 3 aromatic rings. The van der Waals surface area contributed by atoms with Gasteiger partial charge in [0.1, 0.15) is 11.8 Å². The number of ether oxygens (including phenoxy) is 1. The van der Waals surface area contributed by atoms with Crippen LogP contribution in [0.5, 0.6) is 5.75 Å². The van der Waals surface area contributed by atoms with Crippen molar-refractivity contribution in [2.45, 2.75) is 19.5 Å². The van der Waals surface area contributed by atoms with Crippen LogP contribution in [0.3, 0.4) is 0 Å². The third-order valence-electron chi connectivity index (χ3n) is 4.80. The summed E-state index contributed by atoms with van der Waals surface area (Å²) in [7, 11) is 1.64. The summed E-state index contributed by atoms with van der Waals surface area (Å²) >= 11 is 1.54. The van der Waals surface area contributed by atoms with Crippen molar-refractivity contribution in [2.75, 3.05) is 18.6 Å². The van der Waals surface area contributed by atoms with E-state index < -0.39 is 17.9 Å². The Morgan fingerprint density at radius 2 is 1.97 bits per heavy atom. The van der Waals surface area contributed by atoms with Gasteiger partial charge in [-0.3, -0.25) is 9.59 Å². The molecule has 0 aliphatic heterocycles. The third kappa shape index (κ3) is 5.53. The lowest BCUT2D eigenvalue weighted by molar-refractivity contribution is -0.138. The zero-order chi connectivity index (χ0) is 23.1. The van der Waals surface area contributed by atoms with Gasteiger partial charge in [-0.05, 0) is 36.8 Å². The van der Waals surface area contributed by atoms with E-state index in [1.807, 2.05) is 47.9 Å². The Labute approximate surface area is 191 Å². The van der Waals surface area contributed by atoms with Gasteiger partial charge in [0.2, 0.25) is 0 Å². The summed E-state index contributed by atoms with van der Waals surface area (Å²) in [6.07, 6.45) is 1.82. The molecule has 1 aromatic heterocycles. The van der Waals surface area contributed by atoms with Crippen molar-refractivity contribution >= 4 is 28.3 Å². The molecule has 0 saturated carbocycles. The van der Waals surface area contributed by atoms with Crippen molar-refractivity contribution in [3.05, 3.63) is 77.7 Å². The quantitative estimate of drug-likeness (QED) is 0.449. The van der Waals surface area contributed by atoms with Gasteiger partial charge in [-0.15, -0.1) is 17.9 Å². The SMILES string of the molecule is C=CCN(Cc1ccc(C(=O)NC(C)C(=O)O)cc1)c1nc(-c2ccccc2OC)cs1. The van der Waals surface area contributed by atoms with E-state index in [0.717, 1.165) is 27.7 Å². The van der Waals surface area contributed by atoms with Gasteiger partial charge >= 0.3 is 5.97 Å². The van der Waals surface area contributed by atoms with E-state index in [2.05, 4.69) is 16.8 Å². The second-order valence-corrected chi connectivity index (χ2v) is 7.95. The van der Waals surface area contributed by atoms with E-state index in [1.54, 1.807) is 30.6 Å². The fourth-order valence-corrected chi connectivity index (χ4v) is 3.92. The van der Waals surface area contributed by atoms with Gasteiger partial charge < -0.3 is 20.1 Å². The Morgan fingerprint density at radius 3 is 2.62 bits per heavy atom. The number of amides is 1. The van der Waals surface area contributed by atoms with E-state index in [9.17, 15) is 9.59 Å². The van der Waals surface area contributed by atoms with Crippen molar-refractivity contribution in [3.63, 3.8) is 0 Å². The molecule has 0 radical (unpaired) electrons. The second kappa shape index (κ2) is 10.6. The number of aromatic nitrogens is 1. The van der Waals surface area contributed by atoms with Crippen LogP contribution in [0, 0.1) is 0 Å². The topological polar surface area (TPSA) is 91.8 Å². The minimum atomic E-state index is -1.08. The van der Waals surface area contributed by atoms with Crippen molar-refractivity contribution in [1.29, 1.82) is 0 Å². The van der Waals surface area contributed by atoms with Crippen LogP contribution in [-0.4, -0.2) is 41.7 Å². The molecule has 7 nitrogen and oxygen atoms in total. The van der Waals surface area contributed by atoms with Crippen LogP contribution in [0.1, 0.15) is 22.8 Å². The molecule has 0 aliphatic carbocycles. The highest BCUT2D eigenvalue weighted by Crippen LogP contribution is 2.33. The zero-order valence-corrected chi connectivity index (χ0v) is 18.8. The number of carboxylic acid groups (broad SMARTS) is 1. The van der Waals surface area contributed by atoms with Crippen LogP contribution < -0.4 is 15.0 Å². The molecule has 2 N–H and O–H groups in total. The normalized spacial score (nSPS) is 11.4. The van der Waals surface area contributed by atoms with Crippen LogP contribution >= 0.6 is 11.3 Å². The number of carboxylic acids is 1. The molecule has 3 rings (SSSR count). The lowest BCUT2D eigenvalue weighted by Gasteiger charge is -2.20. The minimum Gasteiger partial charge on any atom is -0.496 e. The molecule has 0 spiro atoms. The number of carbonyl (C=O) groups is 2. The first-order valence-corrected chi connectivity index (χ1v) is 10.9. The highest BCUT2D eigenvalue weighted by atomic mass is 32.1. The Kier molecular flexibility index (Phi) is 7.62. The number of carbonyl (C=O) groups excluding carboxylic acids is 1. The number of anilines is 1. The van der Waals surface area contributed by atoms with E-state index in [-0.39, 0.29) is 0 Å². The lowest BCUT2D eigenvalue weighted by Crippen LogP contribution is -2.38. The number of methoxy groups -OCH3 is 1. The van der Waals surface area contributed by atoms with E-state index in [1.165, 1.54) is 6.92 Å². The minimum absolute atomic E-state index is 0.407. The molecule has 1 atom stereocenters. The Bertz CT molecular complexity index is 1090. The average Bonchev–Trinajstić information content (AvgIpc) is 3.29. The largest absolute Gasteiger partial charge is 0.496 e. The summed E-state index contributed by atoms with van der Waals surface area (Å²) in [5.41, 5.74) is 3.17. The average molecular weight is 452 g/mol. The highest BCUT2D eigenvalue weighted by Gasteiger charge is 2.16. The fraction of sp³-hybridized carbons (Fsp3) is 0.208. The van der Waals surface area contributed by atoms with Gasteiger partial charge in [-0.25, -0.2) is 4.98 Å². The molecule has 2 aromatic carbocycles. The van der Waals surface area contributed by atoms with Crippen LogP contribution in [0.25, 0.3) is 11.3 Å². The van der Waals surface area contributed by atoms with E-state index in [0.29, 0.717) is 18.7 Å². The van der Waals surface area contributed by atoms with Crippen LogP contribution in [-0.2, 0) is 11.3 Å². The molecule has 166 valence electrons. The summed E-state index contributed by atoms with van der Waals surface area (Å²) < 4.78 is 5.45. The molecule has 0 bridgehead atoms. The van der Waals surface area contributed by atoms with Gasteiger partial charge in [-0.1, -0.05) is 30.3 Å². The number of thiazole rings is 1. The summed E-state index contributed by atoms with van der Waals surface area (Å²) in [5, 5.41) is 14.2. The van der Waals surface area contributed by atoms with Crippen molar-refractivity contribution in [1.82, 2.24) is 10.3 Å². The maximum atomic E-state index is 12.2. The molecule has 32 heavy (non-hydrogen) atoms. The molecular formula is C24H25N3O4S. The first kappa shape index (κ1) is 23.0. The molecule has 1 heterocycles. The number of nitrogens with one attached hydrogen (secondary N) is 1. The second-order valence-electron chi connectivity index (χ2n) is 7.12. The summed E-state index contributed by atoms with van der Waals surface area (Å²) in [4.78, 5) is 30.0. The van der Waals surface area contributed by atoms with Crippen LogP contribution in [0.15, 0.2) is 66.6 Å². The van der Waals surface area contributed by atoms with Crippen LogP contribution in [0.4, 0.5) is 5.13 Å². The number of hydrogen-bond donors (Lipinski definition) is 2. The highest BCUT2D eigenvalue weighted by molar-refractivity contribution is 7.14. The molecule has 0 fully saturated rings. The molecule has 1 amide bonds. The van der Waals surface area contributed by atoms with Crippen molar-refractivity contribution in [2.24, 2.45) is 0 Å². The van der Waals surface area contributed by atoms with E-state index in [4.69, 9.17) is 14.8 Å². The Morgan fingerprint density at radius 1 is 1.25 bits per heavy atom. The van der Waals surface area contributed by atoms with Gasteiger partial charge in [0.25, 0.3) is 5.91 Å². The first-order chi connectivity index (χ1) is 15.4. The molecular weight excluding hydrogens is 426 g/mol. The number of para-hydroxylation sites is 1. The van der Waals surface area contributed by atoms with Gasteiger partial charge in [0, 0.05) is 29.6 Å². The fourth-order valence-electron chi connectivity index (χ4n) is 3.08. The maximum absolute atomic E-state index is 12.2. The zero-order valence-electron chi connectivity index (χ0n) is 17.9. The van der Waals surface area contributed by atoms with E-state index >= 15 is 0 Å². The van der Waals surface area contributed by atoms with Gasteiger partial charge in [0.05, 0.1) is 12.8 Å². The summed E-state index contributed by atoms with van der Waals surface area (Å²) in [5.74, 6) is -0.729. The van der Waals surface area contributed by atoms with Gasteiger partial charge in [-0.2, -0.15) is 0 Å². The number of nitrogens with zero attached hydrogens (tertiary/aromatic N) is 2. The predicted molar refractivity (Wildman–Crippen MR) is 126 cm³/mol. The maximum Gasteiger partial charge on any atom is 0.325 e. The predicted octanol–water partition coefficient (Wildman–Crippen LogP) is 4.21. The molecule has 1 unspecified atom stereocenters. The number of aliphatic carboxylic acids is 1. The first-order valence-electron chi connectivity index (χ1n) is 10.00. The van der Waals surface area contributed by atoms with Crippen LogP contribution in [0.2, 0.25) is 0 Å². The molecule has 8 heteroatoms. The summed E-state index contributed by atoms with van der Waals surface area (Å²) in [6.45, 7) is 6.47.